The molecule has 3 rings (SSSR count). The van der Waals surface area contributed by atoms with Gasteiger partial charge in [-0.25, -0.2) is 13.8 Å². The zero-order chi connectivity index (χ0) is 16.9. The maximum Gasteiger partial charge on any atom is 0.251 e. The molecule has 1 atom stereocenters. The minimum atomic E-state index is -0.699. The molecule has 0 saturated carbocycles. The topological polar surface area (TPSA) is 60.5 Å². The summed E-state index contributed by atoms with van der Waals surface area (Å²) in [7, 11) is 0. The van der Waals surface area contributed by atoms with Crippen molar-refractivity contribution in [1.82, 2.24) is 10.3 Å². The highest BCUT2D eigenvalue weighted by atomic mass is 19.1. The number of halogens is 2. The van der Waals surface area contributed by atoms with E-state index in [4.69, 9.17) is 9.47 Å². The van der Waals surface area contributed by atoms with Crippen LogP contribution in [0.3, 0.4) is 0 Å². The van der Waals surface area contributed by atoms with Crippen LogP contribution in [0.2, 0.25) is 0 Å². The smallest absolute Gasteiger partial charge is 0.251 e. The Kier molecular flexibility index (Phi) is 5.00. The van der Waals surface area contributed by atoms with E-state index in [-0.39, 0.29) is 18.2 Å². The molecule has 0 radical (unpaired) electrons. The molecular formula is C17H16F2N2O3. The van der Waals surface area contributed by atoms with Crippen LogP contribution in [-0.4, -0.2) is 30.2 Å². The Morgan fingerprint density at radius 2 is 2.12 bits per heavy atom. The molecule has 1 aromatic carbocycles. The average molecular weight is 334 g/mol. The number of rotatable bonds is 5. The molecule has 0 unspecified atom stereocenters. The molecule has 1 fully saturated rings. The van der Waals surface area contributed by atoms with Gasteiger partial charge in [0.05, 0.1) is 13.2 Å². The van der Waals surface area contributed by atoms with E-state index in [2.05, 4.69) is 10.3 Å². The molecule has 24 heavy (non-hydrogen) atoms. The van der Waals surface area contributed by atoms with Crippen LogP contribution < -0.4 is 10.1 Å². The lowest BCUT2D eigenvalue weighted by molar-refractivity contribution is 0.0948. The van der Waals surface area contributed by atoms with E-state index in [1.165, 1.54) is 24.4 Å². The van der Waals surface area contributed by atoms with E-state index in [1.807, 2.05) is 0 Å². The first-order chi connectivity index (χ1) is 11.6. The highest BCUT2D eigenvalue weighted by Gasteiger charge is 2.18. The second kappa shape index (κ2) is 7.35. The van der Waals surface area contributed by atoms with Gasteiger partial charge in [-0.05, 0) is 18.2 Å². The SMILES string of the molecule is O=C(NCc1c(F)cccc1F)c1ccnc(O[C@H]2CCOC2)c1. The van der Waals surface area contributed by atoms with Gasteiger partial charge in [0, 0.05) is 36.4 Å². The van der Waals surface area contributed by atoms with E-state index >= 15 is 0 Å². The fourth-order valence-corrected chi connectivity index (χ4v) is 2.36. The van der Waals surface area contributed by atoms with Crippen molar-refractivity contribution in [3.05, 3.63) is 59.3 Å². The van der Waals surface area contributed by atoms with Crippen molar-refractivity contribution in [2.75, 3.05) is 13.2 Å². The lowest BCUT2D eigenvalue weighted by Gasteiger charge is -2.12. The van der Waals surface area contributed by atoms with Gasteiger partial charge in [-0.3, -0.25) is 4.79 Å². The quantitative estimate of drug-likeness (QED) is 0.912. The Bertz CT molecular complexity index is 713. The summed E-state index contributed by atoms with van der Waals surface area (Å²) in [6.45, 7) is 0.885. The Hall–Kier alpha value is -2.54. The third-order valence-corrected chi connectivity index (χ3v) is 3.66. The van der Waals surface area contributed by atoms with E-state index < -0.39 is 17.5 Å². The number of hydrogen-bond acceptors (Lipinski definition) is 4. The van der Waals surface area contributed by atoms with Crippen LogP contribution in [0.25, 0.3) is 0 Å². The molecule has 0 spiro atoms. The molecule has 7 heteroatoms. The number of carbonyl (C=O) groups excluding carboxylic acids is 1. The first-order valence-corrected chi connectivity index (χ1v) is 7.55. The summed E-state index contributed by atoms with van der Waals surface area (Å²) in [5, 5.41) is 2.49. The molecule has 1 aliphatic rings. The molecule has 1 saturated heterocycles. The highest BCUT2D eigenvalue weighted by Crippen LogP contribution is 2.16. The maximum atomic E-state index is 13.6. The lowest BCUT2D eigenvalue weighted by atomic mass is 10.2. The van der Waals surface area contributed by atoms with Gasteiger partial charge in [-0.1, -0.05) is 6.07 Å². The van der Waals surface area contributed by atoms with Crippen LogP contribution in [0.5, 0.6) is 5.88 Å². The number of hydrogen-bond donors (Lipinski definition) is 1. The largest absolute Gasteiger partial charge is 0.472 e. The van der Waals surface area contributed by atoms with Gasteiger partial charge < -0.3 is 14.8 Å². The van der Waals surface area contributed by atoms with Crippen molar-refractivity contribution in [3.63, 3.8) is 0 Å². The van der Waals surface area contributed by atoms with Crippen molar-refractivity contribution in [2.45, 2.75) is 19.1 Å². The summed E-state index contributed by atoms with van der Waals surface area (Å²) in [5.74, 6) is -1.55. The van der Waals surface area contributed by atoms with Crippen molar-refractivity contribution < 1.29 is 23.0 Å². The van der Waals surface area contributed by atoms with E-state index in [9.17, 15) is 13.6 Å². The van der Waals surface area contributed by atoms with E-state index in [1.54, 1.807) is 0 Å². The normalized spacial score (nSPS) is 16.8. The maximum absolute atomic E-state index is 13.6. The third-order valence-electron chi connectivity index (χ3n) is 3.66. The minimum Gasteiger partial charge on any atom is -0.472 e. The molecule has 126 valence electrons. The molecule has 1 aliphatic heterocycles. The standard InChI is InChI=1S/C17H16F2N2O3/c18-14-2-1-3-15(19)13(14)9-21-17(22)11-4-6-20-16(8-11)24-12-5-7-23-10-12/h1-4,6,8,12H,5,7,9-10H2,(H,21,22)/t12-/m0/s1. The second-order valence-corrected chi connectivity index (χ2v) is 5.37. The summed E-state index contributed by atoms with van der Waals surface area (Å²) in [6.07, 6.45) is 2.14. The van der Waals surface area contributed by atoms with Crippen molar-refractivity contribution in [2.24, 2.45) is 0 Å². The Labute approximate surface area is 137 Å². The van der Waals surface area contributed by atoms with Gasteiger partial charge in [0.15, 0.2) is 0 Å². The fraction of sp³-hybridized carbons (Fsp3) is 0.294. The minimum absolute atomic E-state index is 0.0803. The van der Waals surface area contributed by atoms with Crippen LogP contribution >= 0.6 is 0 Å². The van der Waals surface area contributed by atoms with Crippen molar-refractivity contribution >= 4 is 5.91 Å². The summed E-state index contributed by atoms with van der Waals surface area (Å²) in [4.78, 5) is 16.2. The molecule has 1 aromatic heterocycles. The Morgan fingerprint density at radius 3 is 2.83 bits per heavy atom. The van der Waals surface area contributed by atoms with Gasteiger partial charge in [-0.15, -0.1) is 0 Å². The molecular weight excluding hydrogens is 318 g/mol. The molecule has 1 N–H and O–H groups in total. The van der Waals surface area contributed by atoms with Gasteiger partial charge >= 0.3 is 0 Å². The number of ether oxygens (including phenoxy) is 2. The molecule has 2 heterocycles. The Morgan fingerprint density at radius 1 is 1.33 bits per heavy atom. The summed E-state index contributed by atoms with van der Waals surface area (Å²) >= 11 is 0. The fourth-order valence-electron chi connectivity index (χ4n) is 2.36. The zero-order valence-corrected chi connectivity index (χ0v) is 12.8. The molecule has 0 aliphatic carbocycles. The monoisotopic (exact) mass is 334 g/mol. The van der Waals surface area contributed by atoms with Crippen molar-refractivity contribution in [1.29, 1.82) is 0 Å². The molecule has 2 aromatic rings. The van der Waals surface area contributed by atoms with Gasteiger partial charge in [0.25, 0.3) is 5.91 Å². The average Bonchev–Trinajstić information content (AvgIpc) is 3.07. The van der Waals surface area contributed by atoms with Crippen LogP contribution in [0.4, 0.5) is 8.78 Å². The second-order valence-electron chi connectivity index (χ2n) is 5.37. The molecule has 5 nitrogen and oxygen atoms in total. The van der Waals surface area contributed by atoms with E-state index in [0.29, 0.717) is 24.7 Å². The van der Waals surface area contributed by atoms with Gasteiger partial charge in [-0.2, -0.15) is 0 Å². The number of aromatic nitrogens is 1. The van der Waals surface area contributed by atoms with Gasteiger partial charge in [0.2, 0.25) is 5.88 Å². The number of pyridine rings is 1. The highest BCUT2D eigenvalue weighted by molar-refractivity contribution is 5.94. The number of nitrogens with one attached hydrogen (secondary N) is 1. The zero-order valence-electron chi connectivity index (χ0n) is 12.8. The van der Waals surface area contributed by atoms with Crippen LogP contribution in [-0.2, 0) is 11.3 Å². The Balaban J connectivity index is 1.64. The summed E-state index contributed by atoms with van der Waals surface area (Å²) < 4.78 is 38.0. The number of amides is 1. The van der Waals surface area contributed by atoms with Crippen molar-refractivity contribution in [3.8, 4) is 5.88 Å². The van der Waals surface area contributed by atoms with E-state index in [0.717, 1.165) is 18.6 Å². The number of benzene rings is 1. The van der Waals surface area contributed by atoms with Gasteiger partial charge in [0.1, 0.15) is 17.7 Å². The predicted molar refractivity (Wildman–Crippen MR) is 81.6 cm³/mol. The number of nitrogens with zero attached hydrogens (tertiary/aromatic N) is 1. The van der Waals surface area contributed by atoms with Crippen LogP contribution in [0.1, 0.15) is 22.3 Å². The first-order valence-electron chi connectivity index (χ1n) is 7.55. The van der Waals surface area contributed by atoms with Crippen LogP contribution in [0.15, 0.2) is 36.5 Å². The first kappa shape index (κ1) is 16.3. The summed E-state index contributed by atoms with van der Waals surface area (Å²) in [5.41, 5.74) is 0.121. The molecule has 1 amide bonds. The summed E-state index contributed by atoms with van der Waals surface area (Å²) in [6, 6.07) is 6.56. The van der Waals surface area contributed by atoms with Crippen LogP contribution in [0, 0.1) is 11.6 Å². The predicted octanol–water partition coefficient (Wildman–Crippen LogP) is 2.46. The number of carbonyl (C=O) groups is 1. The lowest BCUT2D eigenvalue weighted by Crippen LogP contribution is -2.24. The molecule has 0 bridgehead atoms. The third kappa shape index (κ3) is 3.86.